The number of benzene rings is 1. The number of nitrogens with zero attached hydrogens (tertiary/aromatic N) is 1. The molecule has 0 spiro atoms. The second kappa shape index (κ2) is 7.21. The summed E-state index contributed by atoms with van der Waals surface area (Å²) < 4.78 is 31.1. The minimum atomic E-state index is -4.04. The Morgan fingerprint density at radius 3 is 2.20 bits per heavy atom. The Morgan fingerprint density at radius 2 is 1.85 bits per heavy atom. The average Bonchev–Trinajstić information content (AvgIpc) is 2.78. The first kappa shape index (κ1) is 17.2. The number of aromatic nitrogens is 1. The standard InChI is InChI=1S/C8H10O3S.C5H7NS2/c1-6-3-4-8(5-7(6)2)12(9,10)11;1-4-3-8-5(6-4)7-2/h3-5H,1-2H3,(H,9,10,11);3H,1-2H3. The number of hydrogen-bond donors (Lipinski definition) is 1. The highest BCUT2D eigenvalue weighted by atomic mass is 32.2. The van der Waals surface area contributed by atoms with E-state index in [1.807, 2.05) is 20.1 Å². The molecule has 0 unspecified atom stereocenters. The molecule has 1 heterocycles. The van der Waals surface area contributed by atoms with E-state index >= 15 is 0 Å². The van der Waals surface area contributed by atoms with Crippen molar-refractivity contribution < 1.29 is 13.0 Å². The lowest BCUT2D eigenvalue weighted by atomic mass is 10.1. The molecule has 0 aliphatic rings. The first-order valence-electron chi connectivity index (χ1n) is 5.75. The predicted molar refractivity (Wildman–Crippen MR) is 84.4 cm³/mol. The van der Waals surface area contributed by atoms with Crippen molar-refractivity contribution in [2.24, 2.45) is 0 Å². The van der Waals surface area contributed by atoms with E-state index in [0.29, 0.717) is 0 Å². The lowest BCUT2D eigenvalue weighted by Gasteiger charge is -2.01. The van der Waals surface area contributed by atoms with Gasteiger partial charge in [-0.05, 0) is 50.3 Å². The number of thioether (sulfide) groups is 1. The maximum absolute atomic E-state index is 10.7. The van der Waals surface area contributed by atoms with Crippen molar-refractivity contribution >= 4 is 33.2 Å². The van der Waals surface area contributed by atoms with Gasteiger partial charge < -0.3 is 0 Å². The van der Waals surface area contributed by atoms with Crippen LogP contribution in [0, 0.1) is 20.8 Å². The summed E-state index contributed by atoms with van der Waals surface area (Å²) in [5.74, 6) is 0. The molecule has 0 bridgehead atoms. The summed E-state index contributed by atoms with van der Waals surface area (Å²) in [6.07, 6.45) is 2.04. The van der Waals surface area contributed by atoms with Crippen LogP contribution in [0.3, 0.4) is 0 Å². The zero-order chi connectivity index (χ0) is 15.3. The van der Waals surface area contributed by atoms with Crippen LogP contribution in [0.25, 0.3) is 0 Å². The van der Waals surface area contributed by atoms with Crippen molar-refractivity contribution in [3.8, 4) is 0 Å². The molecule has 0 fully saturated rings. The van der Waals surface area contributed by atoms with Crippen LogP contribution in [0.2, 0.25) is 0 Å². The smallest absolute Gasteiger partial charge is 0.282 e. The first-order chi connectivity index (χ1) is 9.24. The molecule has 0 amide bonds. The summed E-state index contributed by atoms with van der Waals surface area (Å²) in [5, 5.41) is 2.06. The van der Waals surface area contributed by atoms with Crippen LogP contribution in [-0.2, 0) is 10.1 Å². The largest absolute Gasteiger partial charge is 0.294 e. The molecule has 110 valence electrons. The number of rotatable bonds is 2. The molecular formula is C13H17NO3S3. The van der Waals surface area contributed by atoms with E-state index in [2.05, 4.69) is 10.4 Å². The Kier molecular flexibility index (Phi) is 6.19. The van der Waals surface area contributed by atoms with Gasteiger partial charge in [0.25, 0.3) is 10.1 Å². The molecular weight excluding hydrogens is 314 g/mol. The third kappa shape index (κ3) is 5.24. The number of aryl methyl sites for hydroxylation is 3. The molecule has 1 N–H and O–H groups in total. The molecule has 7 heteroatoms. The van der Waals surface area contributed by atoms with Gasteiger partial charge in [0.05, 0.1) is 4.90 Å². The Bertz CT molecular complexity index is 678. The van der Waals surface area contributed by atoms with E-state index < -0.39 is 10.1 Å². The van der Waals surface area contributed by atoms with E-state index in [-0.39, 0.29) is 4.90 Å². The summed E-state index contributed by atoms with van der Waals surface area (Å²) in [7, 11) is -4.04. The minimum absolute atomic E-state index is 0.0504. The van der Waals surface area contributed by atoms with Crippen LogP contribution in [-0.4, -0.2) is 24.2 Å². The first-order valence-corrected chi connectivity index (χ1v) is 9.29. The molecule has 20 heavy (non-hydrogen) atoms. The van der Waals surface area contributed by atoms with E-state index in [0.717, 1.165) is 21.2 Å². The van der Waals surface area contributed by atoms with Gasteiger partial charge in [0.15, 0.2) is 0 Å². The predicted octanol–water partition coefficient (Wildman–Crippen LogP) is 3.72. The van der Waals surface area contributed by atoms with Crippen molar-refractivity contribution in [3.63, 3.8) is 0 Å². The van der Waals surface area contributed by atoms with Gasteiger partial charge >= 0.3 is 0 Å². The van der Waals surface area contributed by atoms with E-state index in [1.54, 1.807) is 36.1 Å². The molecule has 2 aromatic rings. The Balaban J connectivity index is 0.000000217. The third-order valence-electron chi connectivity index (χ3n) is 2.55. The molecule has 0 atom stereocenters. The van der Waals surface area contributed by atoms with Gasteiger partial charge in [-0.2, -0.15) is 8.42 Å². The SMILES string of the molecule is CSc1nc(C)cs1.Cc1ccc(S(=O)(=O)O)cc1C. The van der Waals surface area contributed by atoms with Crippen molar-refractivity contribution in [2.75, 3.05) is 6.26 Å². The van der Waals surface area contributed by atoms with Gasteiger partial charge in [-0.15, -0.1) is 11.3 Å². The van der Waals surface area contributed by atoms with Gasteiger partial charge in [0.1, 0.15) is 4.34 Å². The quantitative estimate of drug-likeness (QED) is 0.671. The third-order valence-corrected chi connectivity index (χ3v) is 5.38. The zero-order valence-corrected chi connectivity index (χ0v) is 14.2. The van der Waals surface area contributed by atoms with Crippen LogP contribution in [0.5, 0.6) is 0 Å². The van der Waals surface area contributed by atoms with Crippen LogP contribution < -0.4 is 0 Å². The van der Waals surface area contributed by atoms with Crippen molar-refractivity contribution in [1.82, 2.24) is 4.98 Å². The summed E-state index contributed by atoms with van der Waals surface area (Å²) in [6, 6.07) is 4.50. The van der Waals surface area contributed by atoms with Gasteiger partial charge in [-0.3, -0.25) is 4.55 Å². The molecule has 0 saturated carbocycles. The van der Waals surface area contributed by atoms with Gasteiger partial charge in [-0.25, -0.2) is 4.98 Å². The van der Waals surface area contributed by atoms with Crippen molar-refractivity contribution in [2.45, 2.75) is 30.0 Å². The molecule has 1 aromatic heterocycles. The average molecular weight is 331 g/mol. The minimum Gasteiger partial charge on any atom is -0.282 e. The van der Waals surface area contributed by atoms with E-state index in [9.17, 15) is 8.42 Å². The molecule has 2 rings (SSSR count). The van der Waals surface area contributed by atoms with Crippen LogP contribution >= 0.6 is 23.1 Å². The normalized spacial score (nSPS) is 10.8. The second-order valence-corrected chi connectivity index (χ2v) is 7.51. The van der Waals surface area contributed by atoms with Gasteiger partial charge in [0.2, 0.25) is 0 Å². The van der Waals surface area contributed by atoms with Crippen LogP contribution in [0.4, 0.5) is 0 Å². The zero-order valence-electron chi connectivity index (χ0n) is 11.7. The molecule has 1 aromatic carbocycles. The Labute approximate surface area is 128 Å². The van der Waals surface area contributed by atoms with Crippen LogP contribution in [0.1, 0.15) is 16.8 Å². The Morgan fingerprint density at radius 1 is 1.20 bits per heavy atom. The summed E-state index contributed by atoms with van der Waals surface area (Å²) >= 11 is 3.40. The van der Waals surface area contributed by atoms with Crippen molar-refractivity contribution in [1.29, 1.82) is 0 Å². The molecule has 0 saturated heterocycles. The van der Waals surface area contributed by atoms with Crippen molar-refractivity contribution in [3.05, 3.63) is 40.4 Å². The van der Waals surface area contributed by atoms with Crippen LogP contribution in [0.15, 0.2) is 32.8 Å². The number of hydrogen-bond acceptors (Lipinski definition) is 5. The summed E-state index contributed by atoms with van der Waals surface area (Å²) in [5.41, 5.74) is 2.98. The fraction of sp³-hybridized carbons (Fsp3) is 0.308. The maximum atomic E-state index is 10.7. The highest BCUT2D eigenvalue weighted by Gasteiger charge is 2.09. The second-order valence-electron chi connectivity index (χ2n) is 4.18. The molecule has 0 aliphatic carbocycles. The highest BCUT2D eigenvalue weighted by Crippen LogP contribution is 2.18. The Hall–Kier alpha value is -0.890. The van der Waals surface area contributed by atoms with E-state index in [4.69, 9.17) is 4.55 Å². The number of thiazole rings is 1. The molecule has 0 aliphatic heterocycles. The lowest BCUT2D eigenvalue weighted by Crippen LogP contribution is -1.98. The topological polar surface area (TPSA) is 67.3 Å². The highest BCUT2D eigenvalue weighted by molar-refractivity contribution is 8.00. The summed E-state index contributed by atoms with van der Waals surface area (Å²) in [4.78, 5) is 4.16. The lowest BCUT2D eigenvalue weighted by molar-refractivity contribution is 0.483. The summed E-state index contributed by atoms with van der Waals surface area (Å²) in [6.45, 7) is 5.68. The fourth-order valence-electron chi connectivity index (χ4n) is 1.30. The molecule has 4 nitrogen and oxygen atoms in total. The fourth-order valence-corrected chi connectivity index (χ4v) is 3.15. The van der Waals surface area contributed by atoms with Gasteiger partial charge in [0, 0.05) is 11.1 Å². The monoisotopic (exact) mass is 331 g/mol. The van der Waals surface area contributed by atoms with E-state index in [1.165, 1.54) is 12.1 Å². The van der Waals surface area contributed by atoms with Gasteiger partial charge in [-0.1, -0.05) is 17.8 Å². The maximum Gasteiger partial charge on any atom is 0.294 e. The molecule has 0 radical (unpaired) electrons.